The van der Waals surface area contributed by atoms with E-state index in [2.05, 4.69) is 20.2 Å². The van der Waals surface area contributed by atoms with Crippen LogP contribution in [0.15, 0.2) is 46.5 Å². The number of methoxy groups -OCH3 is 2. The number of aromatic nitrogens is 2. The van der Waals surface area contributed by atoms with Crippen molar-refractivity contribution in [2.45, 2.75) is 9.92 Å². The number of nitrogens with one attached hydrogen (secondary N) is 2. The van der Waals surface area contributed by atoms with E-state index in [1.807, 2.05) is 0 Å². The van der Waals surface area contributed by atoms with Gasteiger partial charge in [-0.15, -0.1) is 12.4 Å². The van der Waals surface area contributed by atoms with Crippen molar-refractivity contribution in [2.24, 2.45) is 0 Å². The van der Waals surface area contributed by atoms with Crippen LogP contribution in [0.2, 0.25) is 0 Å². The van der Waals surface area contributed by atoms with Crippen molar-refractivity contribution in [3.63, 3.8) is 0 Å². The molecule has 0 unspecified atom stereocenters. The molecule has 1 aliphatic heterocycles. The van der Waals surface area contributed by atoms with Gasteiger partial charge in [-0.25, -0.2) is 13.4 Å². The topological polar surface area (TPSA) is 96.5 Å². The summed E-state index contributed by atoms with van der Waals surface area (Å²) in [5, 5.41) is 4.23. The van der Waals surface area contributed by atoms with E-state index in [1.54, 1.807) is 24.4 Å². The van der Waals surface area contributed by atoms with E-state index in [0.29, 0.717) is 11.5 Å². The predicted molar refractivity (Wildman–Crippen MR) is 113 cm³/mol. The molecular weight excluding hydrogens is 416 g/mol. The summed E-state index contributed by atoms with van der Waals surface area (Å²) in [6.45, 7) is 3.41. The smallest absolute Gasteiger partial charge is 0.221 e. The second-order valence-electron chi connectivity index (χ2n) is 6.49. The fraction of sp³-hybridized carbons (Fsp3) is 0.316. The van der Waals surface area contributed by atoms with Crippen LogP contribution in [0.4, 0.5) is 5.82 Å². The number of halogens is 1. The minimum atomic E-state index is -3.76. The van der Waals surface area contributed by atoms with Gasteiger partial charge in [-0.1, -0.05) is 0 Å². The number of sulfone groups is 1. The van der Waals surface area contributed by atoms with Gasteiger partial charge in [0.15, 0.2) is 11.5 Å². The summed E-state index contributed by atoms with van der Waals surface area (Å²) in [5.41, 5.74) is 0.739. The van der Waals surface area contributed by atoms with Crippen LogP contribution in [-0.2, 0) is 9.84 Å². The monoisotopic (exact) mass is 438 g/mol. The van der Waals surface area contributed by atoms with Crippen molar-refractivity contribution in [1.29, 1.82) is 0 Å². The first-order chi connectivity index (χ1) is 13.5. The molecule has 156 valence electrons. The van der Waals surface area contributed by atoms with Gasteiger partial charge in [0.25, 0.3) is 0 Å². The number of H-pyrrole nitrogens is 1. The lowest BCUT2D eigenvalue weighted by molar-refractivity contribution is 0.354. The standard InChI is InChI=1S/C19H22N4O4S.ClH/c1-26-16-4-3-13(11-17(16)27-2)28(24,25)18-12-14-15(22-18)5-6-21-19(14)23-9-7-20-8-10-23;/h3-6,11-12,20,22H,7-10H2,1-2H3;1H. The lowest BCUT2D eigenvalue weighted by atomic mass is 10.2. The highest BCUT2D eigenvalue weighted by Gasteiger charge is 2.24. The first kappa shape index (κ1) is 21.2. The maximum Gasteiger partial charge on any atom is 0.221 e. The average Bonchev–Trinajstić information content (AvgIpc) is 3.19. The zero-order chi connectivity index (χ0) is 19.7. The summed E-state index contributed by atoms with van der Waals surface area (Å²) < 4.78 is 36.8. The highest BCUT2D eigenvalue weighted by molar-refractivity contribution is 7.91. The van der Waals surface area contributed by atoms with Crippen LogP contribution in [0.25, 0.3) is 10.9 Å². The molecule has 0 saturated carbocycles. The van der Waals surface area contributed by atoms with E-state index in [4.69, 9.17) is 9.47 Å². The zero-order valence-corrected chi connectivity index (χ0v) is 17.8. The highest BCUT2D eigenvalue weighted by atomic mass is 35.5. The molecule has 10 heteroatoms. The number of nitrogens with zero attached hydrogens (tertiary/aromatic N) is 2. The van der Waals surface area contributed by atoms with Gasteiger partial charge in [-0.3, -0.25) is 0 Å². The third kappa shape index (κ3) is 3.85. The number of ether oxygens (including phenoxy) is 2. The number of anilines is 1. The van der Waals surface area contributed by atoms with Crippen LogP contribution >= 0.6 is 12.4 Å². The lowest BCUT2D eigenvalue weighted by Crippen LogP contribution is -2.43. The van der Waals surface area contributed by atoms with E-state index in [1.165, 1.54) is 26.4 Å². The third-order valence-corrected chi connectivity index (χ3v) is 6.55. The van der Waals surface area contributed by atoms with E-state index in [-0.39, 0.29) is 22.3 Å². The van der Waals surface area contributed by atoms with Gasteiger partial charge in [-0.2, -0.15) is 0 Å². The normalized spacial score (nSPS) is 14.5. The Bertz CT molecular complexity index is 1110. The summed E-state index contributed by atoms with van der Waals surface area (Å²) >= 11 is 0. The van der Waals surface area contributed by atoms with E-state index in [0.717, 1.165) is 42.9 Å². The molecule has 29 heavy (non-hydrogen) atoms. The van der Waals surface area contributed by atoms with Crippen molar-refractivity contribution in [3.8, 4) is 11.5 Å². The lowest BCUT2D eigenvalue weighted by Gasteiger charge is -2.28. The number of hydrogen-bond donors (Lipinski definition) is 2. The summed E-state index contributed by atoms with van der Waals surface area (Å²) in [7, 11) is -0.773. The second kappa shape index (κ2) is 8.48. The number of hydrogen-bond acceptors (Lipinski definition) is 7. The molecular formula is C19H23ClN4O4S. The van der Waals surface area contributed by atoms with Gasteiger partial charge in [0.05, 0.1) is 24.6 Å². The minimum absolute atomic E-state index is 0. The fourth-order valence-electron chi connectivity index (χ4n) is 3.40. The number of piperazine rings is 1. The van der Waals surface area contributed by atoms with Crippen LogP contribution in [-0.4, -0.2) is 58.8 Å². The number of pyridine rings is 1. The van der Waals surface area contributed by atoms with Crippen molar-refractivity contribution < 1.29 is 17.9 Å². The largest absolute Gasteiger partial charge is 0.493 e. The molecule has 1 saturated heterocycles. The number of rotatable bonds is 5. The van der Waals surface area contributed by atoms with Crippen molar-refractivity contribution >= 4 is 39.0 Å². The Kier molecular flexibility index (Phi) is 6.21. The van der Waals surface area contributed by atoms with Gasteiger partial charge in [0.1, 0.15) is 10.8 Å². The number of fused-ring (bicyclic) bond motifs is 1. The minimum Gasteiger partial charge on any atom is -0.493 e. The van der Waals surface area contributed by atoms with Crippen LogP contribution in [0.5, 0.6) is 11.5 Å². The molecule has 2 aromatic heterocycles. The summed E-state index contributed by atoms with van der Waals surface area (Å²) in [6.07, 6.45) is 1.70. The molecule has 8 nitrogen and oxygen atoms in total. The van der Waals surface area contributed by atoms with Crippen LogP contribution in [0.3, 0.4) is 0 Å². The second-order valence-corrected chi connectivity index (χ2v) is 8.40. The molecule has 0 radical (unpaired) electrons. The Morgan fingerprint density at radius 2 is 1.76 bits per heavy atom. The quantitative estimate of drug-likeness (QED) is 0.630. The molecule has 1 aliphatic rings. The summed E-state index contributed by atoms with van der Waals surface area (Å²) in [4.78, 5) is 9.83. The third-order valence-electron chi connectivity index (χ3n) is 4.87. The van der Waals surface area contributed by atoms with Gasteiger partial charge in [0, 0.05) is 43.8 Å². The van der Waals surface area contributed by atoms with Gasteiger partial charge in [0.2, 0.25) is 9.84 Å². The molecule has 0 amide bonds. The molecule has 0 spiro atoms. The number of benzene rings is 1. The van der Waals surface area contributed by atoms with Crippen LogP contribution in [0.1, 0.15) is 0 Å². The Morgan fingerprint density at radius 1 is 1.03 bits per heavy atom. The van der Waals surface area contributed by atoms with Crippen LogP contribution in [0, 0.1) is 0 Å². The Hall–Kier alpha value is -2.49. The van der Waals surface area contributed by atoms with Crippen molar-refractivity contribution in [2.75, 3.05) is 45.3 Å². The fourth-order valence-corrected chi connectivity index (χ4v) is 4.68. The number of aromatic amines is 1. The van der Waals surface area contributed by atoms with E-state index in [9.17, 15) is 8.42 Å². The Labute approximate surface area is 175 Å². The predicted octanol–water partition coefficient (Wildman–Crippen LogP) is 2.24. The maximum atomic E-state index is 13.2. The van der Waals surface area contributed by atoms with Gasteiger partial charge < -0.3 is 24.7 Å². The highest BCUT2D eigenvalue weighted by Crippen LogP contribution is 2.34. The average molecular weight is 439 g/mol. The molecule has 0 atom stereocenters. The van der Waals surface area contributed by atoms with Crippen LogP contribution < -0.4 is 19.7 Å². The molecule has 1 fully saturated rings. The van der Waals surface area contributed by atoms with Crippen molar-refractivity contribution in [3.05, 3.63) is 36.5 Å². The zero-order valence-electron chi connectivity index (χ0n) is 16.1. The molecule has 2 N–H and O–H groups in total. The molecule has 4 rings (SSSR count). The van der Waals surface area contributed by atoms with Crippen molar-refractivity contribution in [1.82, 2.24) is 15.3 Å². The van der Waals surface area contributed by atoms with Gasteiger partial charge in [-0.05, 0) is 24.3 Å². The maximum absolute atomic E-state index is 13.2. The van der Waals surface area contributed by atoms with E-state index < -0.39 is 9.84 Å². The molecule has 3 aromatic rings. The first-order valence-electron chi connectivity index (χ1n) is 8.95. The summed E-state index contributed by atoms with van der Waals surface area (Å²) in [5.74, 6) is 1.63. The molecule has 0 bridgehead atoms. The van der Waals surface area contributed by atoms with Gasteiger partial charge >= 0.3 is 0 Å². The first-order valence-corrected chi connectivity index (χ1v) is 10.4. The Balaban J connectivity index is 0.00000240. The molecule has 3 heterocycles. The summed E-state index contributed by atoms with van der Waals surface area (Å²) in [6, 6.07) is 8.01. The molecule has 0 aliphatic carbocycles. The molecule has 1 aromatic carbocycles. The Morgan fingerprint density at radius 3 is 2.45 bits per heavy atom. The van der Waals surface area contributed by atoms with E-state index >= 15 is 0 Å². The SMILES string of the molecule is COc1ccc(S(=O)(=O)c2cc3c(N4CCNCC4)nccc3[nH]2)cc1OC.Cl.